The van der Waals surface area contributed by atoms with E-state index >= 15 is 4.39 Å². The van der Waals surface area contributed by atoms with Gasteiger partial charge in [-0.3, -0.25) is 39.4 Å². The molecule has 2 aliphatic rings. The number of anilines is 2. The van der Waals surface area contributed by atoms with Crippen molar-refractivity contribution >= 4 is 92.9 Å². The molecule has 0 aliphatic carbocycles. The average molecular weight is 1170 g/mol. The van der Waals surface area contributed by atoms with E-state index < -0.39 is 29.1 Å². The van der Waals surface area contributed by atoms with Gasteiger partial charge in [-0.25, -0.2) is 28.9 Å². The molecule has 2 aliphatic heterocycles. The number of rotatable bonds is 22. The van der Waals surface area contributed by atoms with Gasteiger partial charge in [0.05, 0.1) is 46.2 Å². The van der Waals surface area contributed by atoms with Crippen LogP contribution in [0.25, 0.3) is 22.1 Å². The van der Waals surface area contributed by atoms with Crippen molar-refractivity contribution in [3.05, 3.63) is 80.3 Å². The quantitative estimate of drug-likeness (QED) is 0.0284. The van der Waals surface area contributed by atoms with E-state index in [0.29, 0.717) is 103 Å². The summed E-state index contributed by atoms with van der Waals surface area (Å²) in [6.45, 7) is 17.8. The second-order valence-corrected chi connectivity index (χ2v) is 23.3. The summed E-state index contributed by atoms with van der Waals surface area (Å²) < 4.78 is 37.9. The SMILES string of the molecule is CCc1nc(C)sc1C(=O)Nc1nc2cc(C(N)=O)cc(SC)c2n1C/C=C/Cn1c(NC(=O)c2c(F)c(C)nn2CC)nc2cc(C(N)=O)cc(OCCCN3CCN(C(=O)OCCCC4CCN(C(=O)OC(C)(C)C)CC4)CC3)c21. The van der Waals surface area contributed by atoms with Crippen LogP contribution in [0, 0.1) is 25.6 Å². The van der Waals surface area contributed by atoms with Gasteiger partial charge in [-0.1, -0.05) is 19.1 Å². The lowest BCUT2D eigenvalue weighted by Gasteiger charge is -2.34. The van der Waals surface area contributed by atoms with Crippen molar-refractivity contribution in [2.75, 3.05) is 75.9 Å². The van der Waals surface area contributed by atoms with E-state index in [2.05, 4.69) is 25.6 Å². The van der Waals surface area contributed by atoms with E-state index in [-0.39, 0.29) is 90.0 Å². The van der Waals surface area contributed by atoms with Crippen molar-refractivity contribution in [1.29, 1.82) is 0 Å². The summed E-state index contributed by atoms with van der Waals surface area (Å²) in [5.41, 5.74) is 13.6. The van der Waals surface area contributed by atoms with Crippen LogP contribution in [0.1, 0.15) is 124 Å². The molecule has 6 N–H and O–H groups in total. The van der Waals surface area contributed by atoms with Gasteiger partial charge in [0, 0.05) is 81.5 Å². The number of imidazole rings is 2. The van der Waals surface area contributed by atoms with Crippen molar-refractivity contribution in [2.24, 2.45) is 17.4 Å². The maximum atomic E-state index is 15.5. The maximum Gasteiger partial charge on any atom is 0.410 e. The monoisotopic (exact) mass is 1170 g/mol. The number of halogens is 1. The largest absolute Gasteiger partial charge is 0.491 e. The molecule has 6 heterocycles. The smallest absolute Gasteiger partial charge is 0.410 e. The molecule has 2 fully saturated rings. The third-order valence-corrected chi connectivity index (χ3v) is 16.0. The van der Waals surface area contributed by atoms with Gasteiger partial charge in [-0.15, -0.1) is 23.1 Å². The third kappa shape index (κ3) is 14.4. The molecule has 0 bridgehead atoms. The van der Waals surface area contributed by atoms with Crippen molar-refractivity contribution in [3.63, 3.8) is 0 Å². The summed E-state index contributed by atoms with van der Waals surface area (Å²) in [6.07, 6.45) is 9.47. The Morgan fingerprint density at radius 3 is 2.01 bits per heavy atom. The zero-order chi connectivity index (χ0) is 59.0. The minimum Gasteiger partial charge on any atom is -0.491 e. The number of thioether (sulfide) groups is 1. The standard InChI is InChI=1S/C56H73FN14O9S2/c1-9-38-47(82-34(4)60-38)51(75)64-53-62-40-30-37(49(59)73)32-42(81-8)45(40)70(53)20-12-11-19-69-44-39(61-52(69)63-50(74)46-43(57)33(3)65-71(46)10-2)29-36(48(58)72)31-41(44)78-28-14-18-66-23-25-68(26-24-66)54(76)79-27-13-15-35-16-21-67(22-17-35)55(77)80-56(5,6)7/h11-12,29-32,35H,9-10,13-28H2,1-8H3,(H2,58,72)(H2,59,73)(H,61,63,74)(H,62,64,75)/b12-11+. The first-order valence-corrected chi connectivity index (χ1v) is 29.6. The van der Waals surface area contributed by atoms with Crippen LogP contribution in [-0.4, -0.2) is 155 Å². The first-order chi connectivity index (χ1) is 39.2. The Labute approximate surface area is 483 Å². The summed E-state index contributed by atoms with van der Waals surface area (Å²) >= 11 is 2.66. The lowest BCUT2D eigenvalue weighted by atomic mass is 9.92. The molecule has 2 saturated heterocycles. The van der Waals surface area contributed by atoms with Crippen LogP contribution >= 0.6 is 23.1 Å². The molecule has 2 aromatic carbocycles. The van der Waals surface area contributed by atoms with E-state index in [4.69, 9.17) is 35.6 Å². The summed E-state index contributed by atoms with van der Waals surface area (Å²) in [7, 11) is 0. The number of likely N-dealkylation sites (tertiary alicyclic amines) is 1. The second-order valence-electron chi connectivity index (χ2n) is 21.2. The van der Waals surface area contributed by atoms with Gasteiger partial charge in [0.25, 0.3) is 11.8 Å². The molecule has 0 radical (unpaired) electrons. The number of allylic oxidation sites excluding steroid dienone is 2. The Morgan fingerprint density at radius 2 is 1.40 bits per heavy atom. The number of hydrogen-bond donors (Lipinski definition) is 4. The second kappa shape index (κ2) is 26.6. The summed E-state index contributed by atoms with van der Waals surface area (Å²) in [5, 5.41) is 10.7. The number of aromatic nitrogens is 7. The molecule has 0 saturated carbocycles. The fraction of sp³-hybridized carbons (Fsp3) is 0.500. The van der Waals surface area contributed by atoms with Crippen molar-refractivity contribution in [3.8, 4) is 5.75 Å². The number of thiazole rings is 1. The van der Waals surface area contributed by atoms with Crippen molar-refractivity contribution in [2.45, 2.75) is 117 Å². The summed E-state index contributed by atoms with van der Waals surface area (Å²) in [6, 6.07) is 6.28. The molecule has 6 aromatic rings. The van der Waals surface area contributed by atoms with Crippen LogP contribution in [0.3, 0.4) is 0 Å². The molecule has 4 aromatic heterocycles. The lowest BCUT2D eigenvalue weighted by Crippen LogP contribution is -2.49. The number of aryl methyl sites for hydroxylation is 4. The molecule has 0 unspecified atom stereocenters. The first-order valence-electron chi connectivity index (χ1n) is 27.6. The van der Waals surface area contributed by atoms with Gasteiger partial charge in [0.15, 0.2) is 11.5 Å². The fourth-order valence-electron chi connectivity index (χ4n) is 10.1. The highest BCUT2D eigenvalue weighted by Gasteiger charge is 2.29. The number of fused-ring (bicyclic) bond motifs is 2. The number of carbonyl (C=O) groups excluding carboxylic acids is 6. The molecule has 6 amide bonds. The van der Waals surface area contributed by atoms with E-state index in [1.54, 1.807) is 33.4 Å². The van der Waals surface area contributed by atoms with Gasteiger partial charge in [0.2, 0.25) is 23.7 Å². The number of ether oxygens (including phenoxy) is 3. The number of nitrogens with zero attached hydrogens (tertiary/aromatic N) is 10. The van der Waals surface area contributed by atoms with Gasteiger partial charge in [0.1, 0.15) is 21.7 Å². The van der Waals surface area contributed by atoms with Gasteiger partial charge < -0.3 is 44.6 Å². The van der Waals surface area contributed by atoms with Gasteiger partial charge in [-0.05, 0) is 117 Å². The van der Waals surface area contributed by atoms with Crippen LogP contribution in [-0.2, 0) is 35.5 Å². The zero-order valence-electron chi connectivity index (χ0n) is 47.8. The lowest BCUT2D eigenvalue weighted by molar-refractivity contribution is 0.0176. The highest BCUT2D eigenvalue weighted by molar-refractivity contribution is 7.98. The highest BCUT2D eigenvalue weighted by atomic mass is 32.2. The zero-order valence-corrected chi connectivity index (χ0v) is 49.4. The number of hydrogen-bond acceptors (Lipinski definition) is 16. The Kier molecular flexibility index (Phi) is 19.6. The fourth-order valence-corrected chi connectivity index (χ4v) is 11.7. The normalized spacial score (nSPS) is 14.5. The van der Waals surface area contributed by atoms with E-state index in [0.717, 1.165) is 30.7 Å². The number of nitrogens with one attached hydrogen (secondary N) is 2. The minimum atomic E-state index is -0.801. The number of piperazine rings is 1. The van der Waals surface area contributed by atoms with Gasteiger partial charge >= 0.3 is 12.2 Å². The predicted octanol–water partition coefficient (Wildman–Crippen LogP) is 8.01. The first kappa shape index (κ1) is 60.5. The average Bonchev–Trinajstić information content (AvgIpc) is 4.25. The van der Waals surface area contributed by atoms with Crippen molar-refractivity contribution in [1.82, 2.24) is 48.6 Å². The summed E-state index contributed by atoms with van der Waals surface area (Å²) in [4.78, 5) is 99.4. The van der Waals surface area contributed by atoms with Crippen LogP contribution in [0.15, 0.2) is 41.3 Å². The van der Waals surface area contributed by atoms with E-state index in [1.165, 1.54) is 46.8 Å². The molecule has 82 heavy (non-hydrogen) atoms. The Hall–Kier alpha value is -7.58. The molecule has 0 spiro atoms. The molecule has 440 valence electrons. The van der Waals surface area contributed by atoms with Crippen LogP contribution in [0.2, 0.25) is 0 Å². The van der Waals surface area contributed by atoms with E-state index in [1.807, 2.05) is 57.6 Å². The minimum absolute atomic E-state index is 0.0158. The number of amides is 6. The molecule has 0 atom stereocenters. The Balaban J connectivity index is 0.959. The molecule has 26 heteroatoms. The van der Waals surface area contributed by atoms with Gasteiger partial charge in [-0.2, -0.15) is 5.10 Å². The number of carbonyl (C=O) groups is 6. The molecular formula is C56H73FN14O9S2. The predicted molar refractivity (Wildman–Crippen MR) is 311 cm³/mol. The number of primary amides is 2. The Bertz CT molecular complexity index is 3380. The molecule has 23 nitrogen and oxygen atoms in total. The number of piperidine rings is 1. The van der Waals surface area contributed by atoms with Crippen LogP contribution < -0.4 is 26.8 Å². The van der Waals surface area contributed by atoms with Crippen LogP contribution in [0.5, 0.6) is 5.75 Å². The van der Waals surface area contributed by atoms with Crippen LogP contribution in [0.4, 0.5) is 25.9 Å². The third-order valence-electron chi connectivity index (χ3n) is 14.3. The highest BCUT2D eigenvalue weighted by Crippen LogP contribution is 2.34. The Morgan fingerprint density at radius 1 is 0.793 bits per heavy atom. The number of nitrogens with two attached hydrogens (primary N) is 2. The maximum absolute atomic E-state index is 15.5. The molecule has 8 rings (SSSR count). The van der Waals surface area contributed by atoms with Crippen molar-refractivity contribution < 1.29 is 47.4 Å². The molecular weight excluding hydrogens is 1100 g/mol. The van der Waals surface area contributed by atoms with E-state index in [9.17, 15) is 28.8 Å². The summed E-state index contributed by atoms with van der Waals surface area (Å²) in [5.74, 6) is -2.37. The topological polar surface area (TPSA) is 282 Å². The number of benzene rings is 2.